The van der Waals surface area contributed by atoms with E-state index >= 15 is 0 Å². The number of nitrogens with one attached hydrogen (secondary N) is 2. The number of nitrogens with zero attached hydrogens (tertiary/aromatic N) is 1. The van der Waals surface area contributed by atoms with Crippen LogP contribution in [0, 0.1) is 5.82 Å². The van der Waals surface area contributed by atoms with Crippen LogP contribution >= 0.6 is 12.2 Å². The van der Waals surface area contributed by atoms with Crippen LogP contribution in [0.25, 0.3) is 0 Å². The number of halogens is 1. The second-order valence-corrected chi connectivity index (χ2v) is 5.48. The van der Waals surface area contributed by atoms with Crippen molar-refractivity contribution in [2.45, 2.75) is 25.8 Å². The molecule has 6 heteroatoms. The first-order chi connectivity index (χ1) is 10.1. The van der Waals surface area contributed by atoms with E-state index in [1.807, 2.05) is 4.90 Å². The normalized spacial score (nSPS) is 14.3. The summed E-state index contributed by atoms with van der Waals surface area (Å²) in [7, 11) is 0. The molecule has 114 valence electrons. The molecule has 1 aliphatic heterocycles. The van der Waals surface area contributed by atoms with Gasteiger partial charge in [-0.3, -0.25) is 4.79 Å². The standard InChI is InChI=1S/C15H20FN3OS/c16-13-6-4-12(5-7-13)11-18-15(21)17-8-2-10-19-9-1-3-14(19)20/h4-7H,1-3,8-11H2,(H2,17,18,21). The molecule has 1 aliphatic rings. The predicted molar refractivity (Wildman–Crippen MR) is 84.3 cm³/mol. The summed E-state index contributed by atoms with van der Waals surface area (Å²) in [5.74, 6) is 0.0166. The van der Waals surface area contributed by atoms with E-state index in [9.17, 15) is 9.18 Å². The van der Waals surface area contributed by atoms with Crippen LogP contribution in [0.4, 0.5) is 4.39 Å². The molecule has 0 aromatic heterocycles. The Morgan fingerprint density at radius 1 is 1.29 bits per heavy atom. The van der Waals surface area contributed by atoms with E-state index in [2.05, 4.69) is 10.6 Å². The molecule has 1 saturated heterocycles. The van der Waals surface area contributed by atoms with Crippen LogP contribution in [0.15, 0.2) is 24.3 Å². The van der Waals surface area contributed by atoms with Crippen LogP contribution < -0.4 is 10.6 Å². The highest BCUT2D eigenvalue weighted by molar-refractivity contribution is 7.80. The van der Waals surface area contributed by atoms with Crippen LogP contribution in [-0.2, 0) is 11.3 Å². The molecule has 2 rings (SSSR count). The van der Waals surface area contributed by atoms with E-state index in [1.54, 1.807) is 12.1 Å². The maximum atomic E-state index is 12.8. The summed E-state index contributed by atoms with van der Waals surface area (Å²) in [6.45, 7) is 2.97. The summed E-state index contributed by atoms with van der Waals surface area (Å²) < 4.78 is 12.8. The number of carbonyl (C=O) groups excluding carboxylic acids is 1. The van der Waals surface area contributed by atoms with Gasteiger partial charge >= 0.3 is 0 Å². The Hall–Kier alpha value is -1.69. The monoisotopic (exact) mass is 309 g/mol. The van der Waals surface area contributed by atoms with Gasteiger partial charge in [-0.15, -0.1) is 0 Å². The molecular formula is C15H20FN3OS. The molecule has 0 saturated carbocycles. The Labute approximate surface area is 129 Å². The molecule has 1 heterocycles. The molecule has 2 N–H and O–H groups in total. The van der Waals surface area contributed by atoms with E-state index in [0.29, 0.717) is 18.1 Å². The van der Waals surface area contributed by atoms with Gasteiger partial charge in [-0.2, -0.15) is 0 Å². The Morgan fingerprint density at radius 3 is 2.71 bits per heavy atom. The van der Waals surface area contributed by atoms with Gasteiger partial charge in [0.25, 0.3) is 0 Å². The number of hydrogen-bond donors (Lipinski definition) is 2. The highest BCUT2D eigenvalue weighted by Gasteiger charge is 2.18. The van der Waals surface area contributed by atoms with E-state index in [4.69, 9.17) is 12.2 Å². The summed E-state index contributed by atoms with van der Waals surface area (Å²) in [6, 6.07) is 6.31. The summed E-state index contributed by atoms with van der Waals surface area (Å²) in [6.07, 6.45) is 2.54. The molecule has 0 bridgehead atoms. The van der Waals surface area contributed by atoms with Gasteiger partial charge in [-0.05, 0) is 42.8 Å². The van der Waals surface area contributed by atoms with Gasteiger partial charge in [-0.25, -0.2) is 4.39 Å². The maximum Gasteiger partial charge on any atom is 0.222 e. The zero-order valence-electron chi connectivity index (χ0n) is 11.9. The number of benzene rings is 1. The predicted octanol–water partition coefficient (Wildman–Crippen LogP) is 1.80. The Morgan fingerprint density at radius 2 is 2.05 bits per heavy atom. The van der Waals surface area contributed by atoms with Crippen LogP contribution in [0.1, 0.15) is 24.8 Å². The van der Waals surface area contributed by atoms with E-state index in [1.165, 1.54) is 12.1 Å². The zero-order chi connectivity index (χ0) is 15.1. The van der Waals surface area contributed by atoms with E-state index < -0.39 is 0 Å². The van der Waals surface area contributed by atoms with Crippen molar-refractivity contribution in [1.29, 1.82) is 0 Å². The lowest BCUT2D eigenvalue weighted by atomic mass is 10.2. The van der Waals surface area contributed by atoms with Crippen molar-refractivity contribution in [2.75, 3.05) is 19.6 Å². The number of thiocarbonyl (C=S) groups is 1. The Kier molecular flexibility index (Phi) is 5.92. The van der Waals surface area contributed by atoms with Crippen molar-refractivity contribution >= 4 is 23.2 Å². The van der Waals surface area contributed by atoms with Gasteiger partial charge in [0.15, 0.2) is 5.11 Å². The molecule has 1 fully saturated rings. The topological polar surface area (TPSA) is 44.4 Å². The second-order valence-electron chi connectivity index (χ2n) is 5.07. The van der Waals surface area contributed by atoms with Gasteiger partial charge in [0.1, 0.15) is 5.82 Å². The van der Waals surface area contributed by atoms with Crippen molar-refractivity contribution in [3.05, 3.63) is 35.6 Å². The van der Waals surface area contributed by atoms with Crippen LogP contribution in [0.2, 0.25) is 0 Å². The lowest BCUT2D eigenvalue weighted by molar-refractivity contribution is -0.127. The fourth-order valence-electron chi connectivity index (χ4n) is 2.26. The summed E-state index contributed by atoms with van der Waals surface area (Å²) in [5, 5.41) is 6.76. The average molecular weight is 309 g/mol. The molecule has 0 spiro atoms. The average Bonchev–Trinajstić information content (AvgIpc) is 2.88. The molecule has 1 aromatic carbocycles. The fraction of sp³-hybridized carbons (Fsp3) is 0.467. The molecule has 4 nitrogen and oxygen atoms in total. The molecule has 1 amide bonds. The van der Waals surface area contributed by atoms with Crippen molar-refractivity contribution in [3.63, 3.8) is 0 Å². The summed E-state index contributed by atoms with van der Waals surface area (Å²) in [4.78, 5) is 13.3. The number of amides is 1. The Balaban J connectivity index is 1.57. The molecule has 0 aliphatic carbocycles. The molecule has 21 heavy (non-hydrogen) atoms. The third-order valence-corrected chi connectivity index (χ3v) is 3.72. The molecule has 0 radical (unpaired) electrons. The largest absolute Gasteiger partial charge is 0.363 e. The zero-order valence-corrected chi connectivity index (χ0v) is 12.7. The SMILES string of the molecule is O=C1CCCN1CCCNC(=S)NCc1ccc(F)cc1. The quantitative estimate of drug-likeness (QED) is 0.621. The van der Waals surface area contributed by atoms with Gasteiger partial charge in [0.2, 0.25) is 5.91 Å². The van der Waals surface area contributed by atoms with Gasteiger partial charge in [0, 0.05) is 32.6 Å². The number of rotatable bonds is 6. The van der Waals surface area contributed by atoms with Crippen LogP contribution in [-0.4, -0.2) is 35.6 Å². The van der Waals surface area contributed by atoms with Crippen molar-refractivity contribution in [2.24, 2.45) is 0 Å². The number of likely N-dealkylation sites (tertiary alicyclic amines) is 1. The fourth-order valence-corrected chi connectivity index (χ4v) is 2.43. The van der Waals surface area contributed by atoms with E-state index in [0.717, 1.165) is 38.0 Å². The Bertz CT molecular complexity index is 492. The molecule has 0 unspecified atom stereocenters. The molecule has 0 atom stereocenters. The minimum Gasteiger partial charge on any atom is -0.363 e. The second kappa shape index (κ2) is 7.93. The molecular weight excluding hydrogens is 289 g/mol. The lowest BCUT2D eigenvalue weighted by Gasteiger charge is -2.16. The van der Waals surface area contributed by atoms with Gasteiger partial charge < -0.3 is 15.5 Å². The van der Waals surface area contributed by atoms with Crippen molar-refractivity contribution in [1.82, 2.24) is 15.5 Å². The lowest BCUT2D eigenvalue weighted by Crippen LogP contribution is -2.36. The smallest absolute Gasteiger partial charge is 0.222 e. The molecule has 1 aromatic rings. The van der Waals surface area contributed by atoms with E-state index in [-0.39, 0.29) is 11.7 Å². The van der Waals surface area contributed by atoms with Crippen LogP contribution in [0.5, 0.6) is 0 Å². The van der Waals surface area contributed by atoms with Crippen molar-refractivity contribution in [3.8, 4) is 0 Å². The minimum atomic E-state index is -0.240. The number of hydrogen-bond acceptors (Lipinski definition) is 2. The van der Waals surface area contributed by atoms with Crippen molar-refractivity contribution < 1.29 is 9.18 Å². The minimum absolute atomic E-state index is 0.240. The summed E-state index contributed by atoms with van der Waals surface area (Å²) in [5.41, 5.74) is 0.975. The first kappa shape index (κ1) is 15.7. The first-order valence-corrected chi connectivity index (χ1v) is 7.60. The first-order valence-electron chi connectivity index (χ1n) is 7.19. The third-order valence-electron chi connectivity index (χ3n) is 3.43. The summed E-state index contributed by atoms with van der Waals surface area (Å²) >= 11 is 5.17. The van der Waals surface area contributed by atoms with Gasteiger partial charge in [0.05, 0.1) is 0 Å². The third kappa shape index (κ3) is 5.30. The number of carbonyl (C=O) groups is 1. The van der Waals surface area contributed by atoms with Gasteiger partial charge in [-0.1, -0.05) is 12.1 Å². The maximum absolute atomic E-state index is 12.8. The van der Waals surface area contributed by atoms with Crippen LogP contribution in [0.3, 0.4) is 0 Å². The highest BCUT2D eigenvalue weighted by atomic mass is 32.1. The highest BCUT2D eigenvalue weighted by Crippen LogP contribution is 2.09.